The summed E-state index contributed by atoms with van der Waals surface area (Å²) in [6, 6.07) is 0. The molecule has 1 atom stereocenters. The standard InChI is InChI=1S/C16H28N4/c1-12-9-17-13(2)15(19-12)20-8-6-7-14(11-20)10-18-16(3,4)5/h9,14,18H,6-8,10-11H2,1-5H3. The third kappa shape index (κ3) is 4.17. The van der Waals surface area contributed by atoms with E-state index in [1.807, 2.05) is 13.1 Å². The van der Waals surface area contributed by atoms with E-state index in [4.69, 9.17) is 0 Å². The summed E-state index contributed by atoms with van der Waals surface area (Å²) in [6.45, 7) is 14.0. The Hall–Kier alpha value is -1.16. The van der Waals surface area contributed by atoms with E-state index in [2.05, 4.69) is 47.9 Å². The lowest BCUT2D eigenvalue weighted by molar-refractivity contribution is 0.334. The van der Waals surface area contributed by atoms with Crippen LogP contribution in [0.4, 0.5) is 5.82 Å². The Bertz CT molecular complexity index is 450. The van der Waals surface area contributed by atoms with Crippen LogP contribution in [0.2, 0.25) is 0 Å². The molecule has 0 aromatic carbocycles. The van der Waals surface area contributed by atoms with Gasteiger partial charge in [0.25, 0.3) is 0 Å². The summed E-state index contributed by atoms with van der Waals surface area (Å²) < 4.78 is 0. The van der Waals surface area contributed by atoms with E-state index in [-0.39, 0.29) is 5.54 Å². The fourth-order valence-electron chi connectivity index (χ4n) is 2.70. The molecule has 0 aliphatic carbocycles. The van der Waals surface area contributed by atoms with Gasteiger partial charge in [-0.1, -0.05) is 0 Å². The molecule has 112 valence electrons. The van der Waals surface area contributed by atoms with Gasteiger partial charge in [0.2, 0.25) is 0 Å². The highest BCUT2D eigenvalue weighted by molar-refractivity contribution is 5.43. The molecule has 0 spiro atoms. The highest BCUT2D eigenvalue weighted by Gasteiger charge is 2.23. The van der Waals surface area contributed by atoms with Crippen LogP contribution in [0.15, 0.2) is 6.20 Å². The van der Waals surface area contributed by atoms with Crippen LogP contribution in [0.3, 0.4) is 0 Å². The Kier molecular flexibility index (Phi) is 4.63. The summed E-state index contributed by atoms with van der Waals surface area (Å²) in [5, 5.41) is 3.63. The number of hydrogen-bond donors (Lipinski definition) is 1. The first-order valence-electron chi connectivity index (χ1n) is 7.65. The molecule has 20 heavy (non-hydrogen) atoms. The smallest absolute Gasteiger partial charge is 0.150 e. The number of nitrogens with zero attached hydrogens (tertiary/aromatic N) is 3. The van der Waals surface area contributed by atoms with Crippen molar-refractivity contribution in [1.82, 2.24) is 15.3 Å². The molecule has 1 aliphatic rings. The van der Waals surface area contributed by atoms with Gasteiger partial charge in [0.1, 0.15) is 5.82 Å². The second-order valence-corrected chi connectivity index (χ2v) is 7.01. The summed E-state index contributed by atoms with van der Waals surface area (Å²) >= 11 is 0. The first-order valence-corrected chi connectivity index (χ1v) is 7.65. The number of aromatic nitrogens is 2. The normalized spacial score (nSPS) is 20.2. The van der Waals surface area contributed by atoms with Crippen molar-refractivity contribution in [2.45, 2.75) is 53.0 Å². The van der Waals surface area contributed by atoms with Gasteiger partial charge < -0.3 is 10.2 Å². The Morgan fingerprint density at radius 3 is 2.80 bits per heavy atom. The van der Waals surface area contributed by atoms with E-state index < -0.39 is 0 Å². The van der Waals surface area contributed by atoms with Gasteiger partial charge in [-0.2, -0.15) is 0 Å². The molecule has 1 aromatic rings. The SMILES string of the molecule is Cc1cnc(C)c(N2CCCC(CNC(C)(C)C)C2)n1. The monoisotopic (exact) mass is 276 g/mol. The topological polar surface area (TPSA) is 41.1 Å². The van der Waals surface area contributed by atoms with E-state index >= 15 is 0 Å². The number of hydrogen-bond acceptors (Lipinski definition) is 4. The van der Waals surface area contributed by atoms with Crippen LogP contribution in [0.25, 0.3) is 0 Å². The van der Waals surface area contributed by atoms with Crippen LogP contribution in [0.5, 0.6) is 0 Å². The predicted octanol–water partition coefficient (Wildman–Crippen LogP) is 2.70. The van der Waals surface area contributed by atoms with Crippen LogP contribution in [0, 0.1) is 19.8 Å². The lowest BCUT2D eigenvalue weighted by Gasteiger charge is -2.35. The molecule has 1 aromatic heterocycles. The molecule has 2 heterocycles. The van der Waals surface area contributed by atoms with Crippen molar-refractivity contribution in [2.24, 2.45) is 5.92 Å². The summed E-state index contributed by atoms with van der Waals surface area (Å²) in [6.07, 6.45) is 4.39. The van der Waals surface area contributed by atoms with Crippen LogP contribution in [-0.4, -0.2) is 35.1 Å². The molecule has 1 aliphatic heterocycles. The third-order valence-corrected chi connectivity index (χ3v) is 3.79. The van der Waals surface area contributed by atoms with E-state index in [0.717, 1.165) is 36.8 Å². The molecular formula is C16H28N4. The van der Waals surface area contributed by atoms with Gasteiger partial charge >= 0.3 is 0 Å². The zero-order chi connectivity index (χ0) is 14.8. The Morgan fingerprint density at radius 2 is 2.10 bits per heavy atom. The molecule has 1 N–H and O–H groups in total. The van der Waals surface area contributed by atoms with Crippen molar-refractivity contribution in [3.05, 3.63) is 17.6 Å². The van der Waals surface area contributed by atoms with Crippen LogP contribution < -0.4 is 10.2 Å². The molecule has 1 saturated heterocycles. The van der Waals surface area contributed by atoms with E-state index in [1.54, 1.807) is 0 Å². The lowest BCUT2D eigenvalue weighted by Crippen LogP contribution is -2.45. The fraction of sp³-hybridized carbons (Fsp3) is 0.750. The second kappa shape index (κ2) is 6.08. The molecule has 0 saturated carbocycles. The first kappa shape index (κ1) is 15.2. The van der Waals surface area contributed by atoms with Gasteiger partial charge in [-0.25, -0.2) is 4.98 Å². The van der Waals surface area contributed by atoms with Crippen LogP contribution in [-0.2, 0) is 0 Å². The maximum Gasteiger partial charge on any atom is 0.150 e. The number of piperidine rings is 1. The molecule has 2 rings (SSSR count). The largest absolute Gasteiger partial charge is 0.355 e. The number of aryl methyl sites for hydroxylation is 2. The Balaban J connectivity index is 2.01. The first-order chi connectivity index (χ1) is 9.35. The quantitative estimate of drug-likeness (QED) is 0.921. The number of rotatable bonds is 3. The maximum atomic E-state index is 4.68. The Morgan fingerprint density at radius 1 is 1.35 bits per heavy atom. The fourth-order valence-corrected chi connectivity index (χ4v) is 2.70. The molecule has 1 unspecified atom stereocenters. The molecule has 0 amide bonds. The van der Waals surface area contributed by atoms with Crippen molar-refractivity contribution in [1.29, 1.82) is 0 Å². The van der Waals surface area contributed by atoms with Gasteiger partial charge in [-0.15, -0.1) is 0 Å². The maximum absolute atomic E-state index is 4.68. The van der Waals surface area contributed by atoms with Crippen molar-refractivity contribution in [3.8, 4) is 0 Å². The van der Waals surface area contributed by atoms with E-state index in [0.29, 0.717) is 5.92 Å². The molecule has 1 fully saturated rings. The minimum absolute atomic E-state index is 0.196. The summed E-state index contributed by atoms with van der Waals surface area (Å²) in [7, 11) is 0. The zero-order valence-corrected chi connectivity index (χ0v) is 13.5. The zero-order valence-electron chi connectivity index (χ0n) is 13.5. The number of anilines is 1. The van der Waals surface area contributed by atoms with Crippen LogP contribution >= 0.6 is 0 Å². The summed E-state index contributed by atoms with van der Waals surface area (Å²) in [4.78, 5) is 11.5. The molecule has 4 heteroatoms. The van der Waals surface area contributed by atoms with Gasteiger partial charge in [0, 0.05) is 31.4 Å². The average molecular weight is 276 g/mol. The molecule has 0 radical (unpaired) electrons. The van der Waals surface area contributed by atoms with Crippen molar-refractivity contribution < 1.29 is 0 Å². The lowest BCUT2D eigenvalue weighted by atomic mass is 9.96. The number of nitrogens with one attached hydrogen (secondary N) is 1. The molecule has 4 nitrogen and oxygen atoms in total. The van der Waals surface area contributed by atoms with Crippen LogP contribution in [0.1, 0.15) is 45.0 Å². The summed E-state index contributed by atoms with van der Waals surface area (Å²) in [5.41, 5.74) is 2.24. The van der Waals surface area contributed by atoms with Crippen molar-refractivity contribution >= 4 is 5.82 Å². The van der Waals surface area contributed by atoms with E-state index in [1.165, 1.54) is 12.8 Å². The van der Waals surface area contributed by atoms with Gasteiger partial charge in [-0.3, -0.25) is 4.98 Å². The van der Waals surface area contributed by atoms with Gasteiger partial charge in [0.05, 0.1) is 11.4 Å². The average Bonchev–Trinajstić information content (AvgIpc) is 2.39. The highest BCUT2D eigenvalue weighted by Crippen LogP contribution is 2.23. The van der Waals surface area contributed by atoms with E-state index in [9.17, 15) is 0 Å². The molecular weight excluding hydrogens is 248 g/mol. The second-order valence-electron chi connectivity index (χ2n) is 7.01. The third-order valence-electron chi connectivity index (χ3n) is 3.79. The van der Waals surface area contributed by atoms with Gasteiger partial charge in [-0.05, 0) is 53.4 Å². The van der Waals surface area contributed by atoms with Gasteiger partial charge in [0.15, 0.2) is 0 Å². The highest BCUT2D eigenvalue weighted by atomic mass is 15.2. The van der Waals surface area contributed by atoms with Crippen molar-refractivity contribution in [2.75, 3.05) is 24.5 Å². The molecule has 0 bridgehead atoms. The minimum Gasteiger partial charge on any atom is -0.355 e. The Labute approximate surface area is 123 Å². The van der Waals surface area contributed by atoms with Crippen molar-refractivity contribution in [3.63, 3.8) is 0 Å². The summed E-state index contributed by atoms with van der Waals surface area (Å²) in [5.74, 6) is 1.77. The predicted molar refractivity (Wildman–Crippen MR) is 84.2 cm³/mol. The minimum atomic E-state index is 0.196.